The van der Waals surface area contributed by atoms with Crippen LogP contribution < -0.4 is 0 Å². The summed E-state index contributed by atoms with van der Waals surface area (Å²) in [5.41, 5.74) is 0.857. The van der Waals surface area contributed by atoms with Gasteiger partial charge in [0.05, 0.1) is 0 Å². The number of amides is 1. The molecule has 0 spiro atoms. The van der Waals surface area contributed by atoms with Gasteiger partial charge < -0.3 is 4.90 Å². The third-order valence-electron chi connectivity index (χ3n) is 4.45. The van der Waals surface area contributed by atoms with E-state index >= 15 is 0 Å². The standard InChI is InChI=1S/C18H27FN2O/c1-4-13-21(16-7-5-6-8-16)18(22)17(20(2)3)14-9-11-15(19)12-10-14/h9-12,16-17H,4-8,13H2,1-3H3/t17-/m0/s1. The highest BCUT2D eigenvalue weighted by atomic mass is 19.1. The SMILES string of the molecule is CCCN(C(=O)[C@H](c1ccc(F)cc1)N(C)C)C1CCCC1. The number of halogens is 1. The molecule has 1 fully saturated rings. The second-order valence-electron chi connectivity index (χ2n) is 6.39. The van der Waals surface area contributed by atoms with Gasteiger partial charge >= 0.3 is 0 Å². The molecule has 3 nitrogen and oxygen atoms in total. The number of likely N-dealkylation sites (N-methyl/N-ethyl adjacent to an activating group) is 1. The molecule has 0 bridgehead atoms. The Balaban J connectivity index is 2.24. The summed E-state index contributed by atoms with van der Waals surface area (Å²) in [6, 6.07) is 6.33. The first-order chi connectivity index (χ1) is 10.5. The monoisotopic (exact) mass is 306 g/mol. The van der Waals surface area contributed by atoms with Gasteiger partial charge in [-0.1, -0.05) is 31.9 Å². The van der Waals surface area contributed by atoms with E-state index in [2.05, 4.69) is 11.8 Å². The molecular formula is C18H27FN2O. The zero-order valence-electron chi connectivity index (χ0n) is 13.9. The Morgan fingerprint density at radius 2 is 1.82 bits per heavy atom. The van der Waals surface area contributed by atoms with Crippen molar-refractivity contribution in [1.29, 1.82) is 0 Å². The molecule has 0 heterocycles. The number of carbonyl (C=O) groups is 1. The normalized spacial score (nSPS) is 17.0. The topological polar surface area (TPSA) is 23.6 Å². The molecular weight excluding hydrogens is 279 g/mol. The summed E-state index contributed by atoms with van der Waals surface area (Å²) in [7, 11) is 3.81. The summed E-state index contributed by atoms with van der Waals surface area (Å²) in [5.74, 6) is -0.125. The smallest absolute Gasteiger partial charge is 0.244 e. The van der Waals surface area contributed by atoms with E-state index in [4.69, 9.17) is 0 Å². The molecule has 1 atom stereocenters. The minimum Gasteiger partial charge on any atom is -0.338 e. The van der Waals surface area contributed by atoms with Crippen LogP contribution in [0.1, 0.15) is 50.6 Å². The fraction of sp³-hybridized carbons (Fsp3) is 0.611. The largest absolute Gasteiger partial charge is 0.338 e. The van der Waals surface area contributed by atoms with E-state index in [0.29, 0.717) is 6.04 Å². The molecule has 4 heteroatoms. The Bertz CT molecular complexity index is 480. The van der Waals surface area contributed by atoms with Crippen LogP contribution in [0.3, 0.4) is 0 Å². The van der Waals surface area contributed by atoms with Crippen molar-refractivity contribution < 1.29 is 9.18 Å². The highest BCUT2D eigenvalue weighted by Crippen LogP contribution is 2.28. The summed E-state index contributed by atoms with van der Waals surface area (Å²) in [4.78, 5) is 17.1. The lowest BCUT2D eigenvalue weighted by molar-refractivity contribution is -0.138. The average Bonchev–Trinajstić information content (AvgIpc) is 3.00. The van der Waals surface area contributed by atoms with Crippen LogP contribution in [0.15, 0.2) is 24.3 Å². The molecule has 22 heavy (non-hydrogen) atoms. The molecule has 0 aromatic heterocycles. The molecule has 1 amide bonds. The third-order valence-corrected chi connectivity index (χ3v) is 4.45. The molecule has 0 unspecified atom stereocenters. The lowest BCUT2D eigenvalue weighted by atomic mass is 10.0. The van der Waals surface area contributed by atoms with Crippen molar-refractivity contribution in [2.24, 2.45) is 0 Å². The van der Waals surface area contributed by atoms with E-state index in [1.54, 1.807) is 12.1 Å². The fourth-order valence-electron chi connectivity index (χ4n) is 3.39. The van der Waals surface area contributed by atoms with Gasteiger partial charge in [-0.2, -0.15) is 0 Å². The number of hydrogen-bond acceptors (Lipinski definition) is 2. The van der Waals surface area contributed by atoms with Crippen LogP contribution >= 0.6 is 0 Å². The summed E-state index contributed by atoms with van der Waals surface area (Å²) >= 11 is 0. The van der Waals surface area contributed by atoms with Gasteiger partial charge in [-0.3, -0.25) is 9.69 Å². The quantitative estimate of drug-likeness (QED) is 0.801. The lowest BCUT2D eigenvalue weighted by Gasteiger charge is -2.34. The Morgan fingerprint density at radius 1 is 1.23 bits per heavy atom. The molecule has 2 rings (SSSR count). The first kappa shape index (κ1) is 16.9. The van der Waals surface area contributed by atoms with E-state index in [1.807, 2.05) is 19.0 Å². The van der Waals surface area contributed by atoms with Crippen molar-refractivity contribution in [2.75, 3.05) is 20.6 Å². The van der Waals surface area contributed by atoms with Gasteiger partial charge in [-0.05, 0) is 51.1 Å². The van der Waals surface area contributed by atoms with E-state index in [9.17, 15) is 9.18 Å². The second-order valence-corrected chi connectivity index (χ2v) is 6.39. The van der Waals surface area contributed by atoms with Crippen molar-refractivity contribution in [1.82, 2.24) is 9.80 Å². The van der Waals surface area contributed by atoms with Crippen molar-refractivity contribution in [3.8, 4) is 0 Å². The van der Waals surface area contributed by atoms with Crippen LogP contribution in [-0.2, 0) is 4.79 Å². The van der Waals surface area contributed by atoms with Gasteiger partial charge in [0.2, 0.25) is 5.91 Å². The maximum absolute atomic E-state index is 13.2. The van der Waals surface area contributed by atoms with Crippen LogP contribution in [0, 0.1) is 5.82 Å². The molecule has 122 valence electrons. The van der Waals surface area contributed by atoms with Crippen molar-refractivity contribution >= 4 is 5.91 Å². The minimum atomic E-state index is -0.340. The highest BCUT2D eigenvalue weighted by molar-refractivity contribution is 5.83. The second kappa shape index (κ2) is 7.73. The van der Waals surface area contributed by atoms with Crippen LogP contribution in [0.25, 0.3) is 0 Å². The molecule has 0 radical (unpaired) electrons. The maximum atomic E-state index is 13.2. The number of benzene rings is 1. The summed E-state index contributed by atoms with van der Waals surface area (Å²) in [5, 5.41) is 0. The van der Waals surface area contributed by atoms with Crippen molar-refractivity contribution in [2.45, 2.75) is 51.1 Å². The van der Waals surface area contributed by atoms with E-state index in [-0.39, 0.29) is 17.8 Å². The minimum absolute atomic E-state index is 0.144. The van der Waals surface area contributed by atoms with Gasteiger partial charge in [0.15, 0.2) is 0 Å². The number of nitrogens with zero attached hydrogens (tertiary/aromatic N) is 2. The molecule has 1 aromatic rings. The van der Waals surface area contributed by atoms with Crippen LogP contribution in [0.2, 0.25) is 0 Å². The predicted octanol–water partition coefficient (Wildman–Crippen LogP) is 3.61. The highest BCUT2D eigenvalue weighted by Gasteiger charge is 2.32. The molecule has 1 saturated carbocycles. The first-order valence-electron chi connectivity index (χ1n) is 8.27. The van der Waals surface area contributed by atoms with E-state index in [1.165, 1.54) is 25.0 Å². The van der Waals surface area contributed by atoms with Gasteiger partial charge in [0, 0.05) is 12.6 Å². The van der Waals surface area contributed by atoms with Gasteiger partial charge in [-0.25, -0.2) is 4.39 Å². The van der Waals surface area contributed by atoms with E-state index < -0.39 is 0 Å². The Morgan fingerprint density at radius 3 is 2.32 bits per heavy atom. The summed E-state index contributed by atoms with van der Waals surface area (Å²) in [6.45, 7) is 2.91. The molecule has 1 aliphatic rings. The van der Waals surface area contributed by atoms with Crippen LogP contribution in [0.4, 0.5) is 4.39 Å². The maximum Gasteiger partial charge on any atom is 0.244 e. The Labute approximate surface area is 133 Å². The zero-order chi connectivity index (χ0) is 16.1. The van der Waals surface area contributed by atoms with Crippen molar-refractivity contribution in [3.63, 3.8) is 0 Å². The van der Waals surface area contributed by atoms with Gasteiger partial charge in [-0.15, -0.1) is 0 Å². The summed E-state index contributed by atoms with van der Waals surface area (Å²) < 4.78 is 13.2. The van der Waals surface area contributed by atoms with Gasteiger partial charge in [0.1, 0.15) is 11.9 Å². The summed E-state index contributed by atoms with van der Waals surface area (Å²) in [6.07, 6.45) is 5.60. The molecule has 1 aliphatic carbocycles. The van der Waals surface area contributed by atoms with Crippen LogP contribution in [-0.4, -0.2) is 42.4 Å². The number of hydrogen-bond donors (Lipinski definition) is 0. The average molecular weight is 306 g/mol. The Kier molecular flexibility index (Phi) is 5.95. The number of rotatable bonds is 6. The first-order valence-corrected chi connectivity index (χ1v) is 8.27. The Hall–Kier alpha value is -1.42. The molecule has 0 saturated heterocycles. The van der Waals surface area contributed by atoms with Gasteiger partial charge in [0.25, 0.3) is 0 Å². The molecule has 1 aromatic carbocycles. The third kappa shape index (κ3) is 3.86. The van der Waals surface area contributed by atoms with Crippen LogP contribution in [0.5, 0.6) is 0 Å². The molecule has 0 N–H and O–H groups in total. The van der Waals surface area contributed by atoms with Crippen molar-refractivity contribution in [3.05, 3.63) is 35.6 Å². The fourth-order valence-corrected chi connectivity index (χ4v) is 3.39. The number of carbonyl (C=O) groups excluding carboxylic acids is 1. The zero-order valence-corrected chi connectivity index (χ0v) is 13.9. The predicted molar refractivity (Wildman–Crippen MR) is 87.1 cm³/mol. The van der Waals surface area contributed by atoms with E-state index in [0.717, 1.165) is 31.4 Å². The molecule has 0 aliphatic heterocycles. The lowest BCUT2D eigenvalue weighted by Crippen LogP contribution is -2.45.